The summed E-state index contributed by atoms with van der Waals surface area (Å²) >= 11 is 0. The van der Waals surface area contributed by atoms with Gasteiger partial charge in [0.2, 0.25) is 0 Å². The molecule has 0 unspecified atom stereocenters. The summed E-state index contributed by atoms with van der Waals surface area (Å²) in [5.74, 6) is 2.16. The molecule has 28 heavy (non-hydrogen) atoms. The molecule has 3 rings (SSSR count). The first kappa shape index (κ1) is 19.1. The van der Waals surface area contributed by atoms with Crippen LogP contribution in [0.3, 0.4) is 0 Å². The molecule has 0 aliphatic rings. The van der Waals surface area contributed by atoms with E-state index >= 15 is 0 Å². The number of nitrogens with one attached hydrogen (secondary N) is 1. The Balaban J connectivity index is 1.92. The van der Waals surface area contributed by atoms with Crippen molar-refractivity contribution >= 4 is 23.1 Å². The first-order valence-electron chi connectivity index (χ1n) is 8.68. The summed E-state index contributed by atoms with van der Waals surface area (Å²) in [5.41, 5.74) is 2.08. The average molecular weight is 378 g/mol. The quantitative estimate of drug-likeness (QED) is 0.650. The van der Waals surface area contributed by atoms with Gasteiger partial charge in [0.05, 0.1) is 32.7 Å². The van der Waals surface area contributed by atoms with Gasteiger partial charge in [0.1, 0.15) is 17.2 Å². The fraction of sp³-hybridized carbons (Fsp3) is 0.136. The summed E-state index contributed by atoms with van der Waals surface area (Å²) in [6, 6.07) is 21.4. The summed E-state index contributed by atoms with van der Waals surface area (Å²) in [6.45, 7) is 0. The Hall–Kier alpha value is -3.67. The van der Waals surface area contributed by atoms with Crippen LogP contribution in [0.1, 0.15) is 0 Å². The van der Waals surface area contributed by atoms with Gasteiger partial charge in [0, 0.05) is 5.69 Å². The third-order valence-corrected chi connectivity index (χ3v) is 4.21. The minimum atomic E-state index is -0.291. The normalized spacial score (nSPS) is 10.1. The van der Waals surface area contributed by atoms with Crippen LogP contribution >= 0.6 is 0 Å². The van der Waals surface area contributed by atoms with Crippen LogP contribution in [0.5, 0.6) is 17.2 Å². The zero-order valence-corrected chi connectivity index (χ0v) is 16.0. The van der Waals surface area contributed by atoms with E-state index in [1.54, 1.807) is 50.5 Å². The standard InChI is InChI=1S/C22H22N2O4/c1-26-19-10-4-16(5-11-19)23-22(25)24(17-6-12-20(27-2)13-7-17)18-8-14-21(28-3)15-9-18/h4-15H,1-3H3,(H,23,25). The van der Waals surface area contributed by atoms with Crippen molar-refractivity contribution < 1.29 is 19.0 Å². The zero-order chi connectivity index (χ0) is 19.9. The molecule has 0 atom stereocenters. The zero-order valence-electron chi connectivity index (χ0n) is 16.0. The number of anilines is 3. The summed E-state index contributed by atoms with van der Waals surface area (Å²) in [4.78, 5) is 14.7. The van der Waals surface area contributed by atoms with Gasteiger partial charge in [0.25, 0.3) is 0 Å². The number of hydrogen-bond donors (Lipinski definition) is 1. The number of ether oxygens (including phenoxy) is 3. The minimum Gasteiger partial charge on any atom is -0.497 e. The summed E-state index contributed by atoms with van der Waals surface area (Å²) in [5, 5.41) is 2.92. The fourth-order valence-corrected chi connectivity index (χ4v) is 2.70. The number of amides is 2. The average Bonchev–Trinajstić information content (AvgIpc) is 2.75. The number of carbonyl (C=O) groups excluding carboxylic acids is 1. The van der Waals surface area contributed by atoms with Crippen molar-refractivity contribution in [2.24, 2.45) is 0 Å². The van der Waals surface area contributed by atoms with Crippen LogP contribution in [0.4, 0.5) is 21.9 Å². The molecule has 0 saturated carbocycles. The molecule has 0 fully saturated rings. The Morgan fingerprint density at radius 2 is 1.00 bits per heavy atom. The van der Waals surface area contributed by atoms with Crippen LogP contribution in [0.2, 0.25) is 0 Å². The first-order chi connectivity index (χ1) is 13.6. The summed E-state index contributed by atoms with van der Waals surface area (Å²) in [7, 11) is 4.81. The molecule has 144 valence electrons. The molecule has 6 heteroatoms. The van der Waals surface area contributed by atoms with E-state index in [-0.39, 0.29) is 6.03 Å². The van der Waals surface area contributed by atoms with Gasteiger partial charge < -0.3 is 19.5 Å². The molecule has 3 aromatic rings. The van der Waals surface area contributed by atoms with Crippen molar-refractivity contribution in [1.29, 1.82) is 0 Å². The topological polar surface area (TPSA) is 60.0 Å². The minimum absolute atomic E-state index is 0.291. The maximum atomic E-state index is 13.1. The Kier molecular flexibility index (Phi) is 6.01. The van der Waals surface area contributed by atoms with Crippen molar-refractivity contribution in [2.75, 3.05) is 31.5 Å². The molecule has 0 aromatic heterocycles. The second-order valence-electron chi connectivity index (χ2n) is 5.89. The van der Waals surface area contributed by atoms with E-state index in [2.05, 4.69) is 5.32 Å². The molecule has 6 nitrogen and oxygen atoms in total. The van der Waals surface area contributed by atoms with Gasteiger partial charge >= 0.3 is 6.03 Å². The number of carbonyl (C=O) groups is 1. The van der Waals surface area contributed by atoms with Gasteiger partial charge in [-0.05, 0) is 72.8 Å². The van der Waals surface area contributed by atoms with Crippen molar-refractivity contribution in [3.8, 4) is 17.2 Å². The van der Waals surface area contributed by atoms with Crippen LogP contribution in [0, 0.1) is 0 Å². The summed E-state index contributed by atoms with van der Waals surface area (Å²) in [6.07, 6.45) is 0. The highest BCUT2D eigenvalue weighted by molar-refractivity contribution is 6.07. The lowest BCUT2D eigenvalue weighted by Crippen LogP contribution is -2.30. The highest BCUT2D eigenvalue weighted by Gasteiger charge is 2.18. The Morgan fingerprint density at radius 3 is 1.36 bits per heavy atom. The number of methoxy groups -OCH3 is 3. The molecule has 1 N–H and O–H groups in total. The molecule has 3 aromatic carbocycles. The van der Waals surface area contributed by atoms with Crippen LogP contribution in [0.25, 0.3) is 0 Å². The fourth-order valence-electron chi connectivity index (χ4n) is 2.70. The Morgan fingerprint density at radius 1 is 0.643 bits per heavy atom. The molecule has 2 amide bonds. The second-order valence-corrected chi connectivity index (χ2v) is 5.89. The van der Waals surface area contributed by atoms with E-state index in [1.165, 1.54) is 0 Å². The third-order valence-electron chi connectivity index (χ3n) is 4.21. The third kappa shape index (κ3) is 4.35. The van der Waals surface area contributed by atoms with Crippen LogP contribution < -0.4 is 24.4 Å². The molecular weight excluding hydrogens is 356 g/mol. The van der Waals surface area contributed by atoms with Gasteiger partial charge in [-0.25, -0.2) is 4.79 Å². The highest BCUT2D eigenvalue weighted by atomic mass is 16.5. The van der Waals surface area contributed by atoms with Crippen molar-refractivity contribution in [3.05, 3.63) is 72.8 Å². The maximum absolute atomic E-state index is 13.1. The molecule has 0 spiro atoms. The van der Waals surface area contributed by atoms with Crippen LogP contribution in [-0.4, -0.2) is 27.4 Å². The number of urea groups is 1. The van der Waals surface area contributed by atoms with E-state index in [4.69, 9.17) is 14.2 Å². The predicted octanol–water partition coefficient (Wildman–Crippen LogP) is 5.08. The smallest absolute Gasteiger partial charge is 0.330 e. The lowest BCUT2D eigenvalue weighted by Gasteiger charge is -2.24. The van der Waals surface area contributed by atoms with Gasteiger partial charge in [0.15, 0.2) is 0 Å². The largest absolute Gasteiger partial charge is 0.497 e. The van der Waals surface area contributed by atoms with Crippen LogP contribution in [-0.2, 0) is 0 Å². The number of hydrogen-bond acceptors (Lipinski definition) is 4. The van der Waals surface area contributed by atoms with E-state index in [0.717, 1.165) is 5.75 Å². The van der Waals surface area contributed by atoms with Crippen molar-refractivity contribution in [2.45, 2.75) is 0 Å². The summed E-state index contributed by atoms with van der Waals surface area (Å²) < 4.78 is 15.6. The SMILES string of the molecule is COc1ccc(NC(=O)N(c2ccc(OC)cc2)c2ccc(OC)cc2)cc1. The molecule has 0 aliphatic heterocycles. The molecular formula is C22H22N2O4. The maximum Gasteiger partial charge on any atom is 0.330 e. The van der Waals surface area contributed by atoms with Gasteiger partial charge in [-0.2, -0.15) is 0 Å². The van der Waals surface area contributed by atoms with Crippen molar-refractivity contribution in [3.63, 3.8) is 0 Å². The van der Waals surface area contributed by atoms with E-state index in [9.17, 15) is 4.79 Å². The molecule has 0 radical (unpaired) electrons. The van der Waals surface area contributed by atoms with Crippen LogP contribution in [0.15, 0.2) is 72.8 Å². The van der Waals surface area contributed by atoms with Gasteiger partial charge in [-0.1, -0.05) is 0 Å². The highest BCUT2D eigenvalue weighted by Crippen LogP contribution is 2.30. The Bertz CT molecular complexity index is 859. The monoisotopic (exact) mass is 378 g/mol. The van der Waals surface area contributed by atoms with E-state index < -0.39 is 0 Å². The molecule has 0 bridgehead atoms. The molecule has 0 saturated heterocycles. The predicted molar refractivity (Wildman–Crippen MR) is 110 cm³/mol. The number of nitrogens with zero attached hydrogens (tertiary/aromatic N) is 1. The number of benzene rings is 3. The first-order valence-corrected chi connectivity index (χ1v) is 8.68. The van der Waals surface area contributed by atoms with E-state index in [1.807, 2.05) is 48.5 Å². The van der Waals surface area contributed by atoms with Gasteiger partial charge in [-0.3, -0.25) is 4.90 Å². The Labute approximate surface area is 164 Å². The molecule has 0 aliphatic carbocycles. The lowest BCUT2D eigenvalue weighted by molar-refractivity contribution is 0.259. The number of rotatable bonds is 6. The van der Waals surface area contributed by atoms with Gasteiger partial charge in [-0.15, -0.1) is 0 Å². The van der Waals surface area contributed by atoms with E-state index in [0.29, 0.717) is 28.6 Å². The molecule has 0 heterocycles. The second kappa shape index (κ2) is 8.81. The van der Waals surface area contributed by atoms with Crippen molar-refractivity contribution in [1.82, 2.24) is 0 Å². The lowest BCUT2D eigenvalue weighted by atomic mass is 10.2.